The molecule has 0 bridgehead atoms. The van der Waals surface area contributed by atoms with Gasteiger partial charge in [-0.05, 0) is 19.4 Å². The monoisotopic (exact) mass is 221 g/mol. The van der Waals surface area contributed by atoms with E-state index >= 15 is 0 Å². The third-order valence-corrected chi connectivity index (χ3v) is 2.58. The van der Waals surface area contributed by atoms with E-state index in [4.69, 9.17) is 0 Å². The number of hydrogen-bond acceptors (Lipinski definition) is 1. The van der Waals surface area contributed by atoms with Gasteiger partial charge in [-0.15, -0.1) is 0 Å². The summed E-state index contributed by atoms with van der Waals surface area (Å²) in [5.74, 6) is 0. The van der Waals surface area contributed by atoms with Crippen molar-refractivity contribution in [1.82, 2.24) is 5.32 Å². The van der Waals surface area contributed by atoms with Crippen LogP contribution < -0.4 is 5.32 Å². The predicted octanol–water partition coefficient (Wildman–Crippen LogP) is 3.98. The molecule has 92 valence electrons. The second-order valence-corrected chi connectivity index (χ2v) is 4.10. The number of alkyl halides is 2. The zero-order valence-electron chi connectivity index (χ0n) is 10.1. The van der Waals surface area contributed by atoms with Gasteiger partial charge in [-0.3, -0.25) is 0 Å². The SMILES string of the molecule is CCCCCCCC(NCCC)C(F)F. The zero-order valence-corrected chi connectivity index (χ0v) is 10.1. The Morgan fingerprint density at radius 2 is 1.60 bits per heavy atom. The van der Waals surface area contributed by atoms with Crippen LogP contribution in [-0.2, 0) is 0 Å². The number of hydrogen-bond donors (Lipinski definition) is 1. The first kappa shape index (κ1) is 14.8. The van der Waals surface area contributed by atoms with E-state index in [1.54, 1.807) is 0 Å². The molecule has 3 heteroatoms. The quantitative estimate of drug-likeness (QED) is 0.550. The van der Waals surface area contributed by atoms with Crippen LogP contribution in [0.3, 0.4) is 0 Å². The van der Waals surface area contributed by atoms with Gasteiger partial charge in [-0.2, -0.15) is 0 Å². The van der Waals surface area contributed by atoms with Crippen LogP contribution in [0.2, 0.25) is 0 Å². The number of rotatable bonds is 10. The van der Waals surface area contributed by atoms with Crippen LogP contribution in [0.4, 0.5) is 8.78 Å². The lowest BCUT2D eigenvalue weighted by atomic mass is 10.1. The van der Waals surface area contributed by atoms with Crippen molar-refractivity contribution in [2.75, 3.05) is 6.54 Å². The summed E-state index contributed by atoms with van der Waals surface area (Å²) >= 11 is 0. The highest BCUT2D eigenvalue weighted by atomic mass is 19.3. The lowest BCUT2D eigenvalue weighted by Gasteiger charge is -2.17. The molecule has 0 aromatic carbocycles. The molecule has 0 aliphatic heterocycles. The average molecular weight is 221 g/mol. The summed E-state index contributed by atoms with van der Waals surface area (Å²) in [7, 11) is 0. The number of nitrogens with one attached hydrogen (secondary N) is 1. The Bertz CT molecular complexity index is 129. The lowest BCUT2D eigenvalue weighted by molar-refractivity contribution is 0.0928. The first-order valence-corrected chi connectivity index (χ1v) is 6.23. The summed E-state index contributed by atoms with van der Waals surface area (Å²) < 4.78 is 25.1. The summed E-state index contributed by atoms with van der Waals surface area (Å²) in [6, 6.07) is -0.591. The van der Waals surface area contributed by atoms with E-state index < -0.39 is 12.5 Å². The third-order valence-electron chi connectivity index (χ3n) is 2.58. The number of halogens is 2. The largest absolute Gasteiger partial charge is 0.309 e. The van der Waals surface area contributed by atoms with Crippen molar-refractivity contribution in [2.45, 2.75) is 71.3 Å². The van der Waals surface area contributed by atoms with E-state index in [0.29, 0.717) is 13.0 Å². The minimum atomic E-state index is -2.22. The van der Waals surface area contributed by atoms with Gasteiger partial charge in [-0.25, -0.2) is 8.78 Å². The Morgan fingerprint density at radius 1 is 0.933 bits per heavy atom. The van der Waals surface area contributed by atoms with Gasteiger partial charge in [0.2, 0.25) is 0 Å². The maximum absolute atomic E-state index is 12.5. The van der Waals surface area contributed by atoms with E-state index in [1.807, 2.05) is 6.92 Å². The molecule has 0 radical (unpaired) electrons. The van der Waals surface area contributed by atoms with Gasteiger partial charge in [0.15, 0.2) is 0 Å². The van der Waals surface area contributed by atoms with Gasteiger partial charge in [-0.1, -0.05) is 46.0 Å². The predicted molar refractivity (Wildman–Crippen MR) is 61.5 cm³/mol. The van der Waals surface area contributed by atoms with Crippen LogP contribution >= 0.6 is 0 Å². The lowest BCUT2D eigenvalue weighted by Crippen LogP contribution is -2.36. The molecule has 0 fully saturated rings. The van der Waals surface area contributed by atoms with Gasteiger partial charge in [0, 0.05) is 0 Å². The maximum Gasteiger partial charge on any atom is 0.253 e. The van der Waals surface area contributed by atoms with Crippen molar-refractivity contribution >= 4 is 0 Å². The van der Waals surface area contributed by atoms with Crippen molar-refractivity contribution in [3.63, 3.8) is 0 Å². The molecule has 0 saturated heterocycles. The van der Waals surface area contributed by atoms with Crippen LogP contribution in [0.25, 0.3) is 0 Å². The first-order chi connectivity index (χ1) is 7.22. The van der Waals surface area contributed by atoms with E-state index in [0.717, 1.165) is 19.3 Å². The summed E-state index contributed by atoms with van der Waals surface area (Å²) in [4.78, 5) is 0. The molecule has 1 unspecified atom stereocenters. The highest BCUT2D eigenvalue weighted by Crippen LogP contribution is 2.12. The first-order valence-electron chi connectivity index (χ1n) is 6.23. The molecule has 0 aliphatic carbocycles. The Labute approximate surface area is 92.6 Å². The normalized spacial score (nSPS) is 13.4. The summed E-state index contributed by atoms with van der Waals surface area (Å²) in [6.07, 6.45) is 4.92. The van der Waals surface area contributed by atoms with Gasteiger partial charge in [0.05, 0.1) is 6.04 Å². The van der Waals surface area contributed by atoms with E-state index in [9.17, 15) is 8.78 Å². The van der Waals surface area contributed by atoms with Crippen LogP contribution in [0.15, 0.2) is 0 Å². The van der Waals surface area contributed by atoms with Crippen LogP contribution in [-0.4, -0.2) is 19.0 Å². The molecular weight excluding hydrogens is 196 g/mol. The Morgan fingerprint density at radius 3 is 2.13 bits per heavy atom. The molecule has 1 nitrogen and oxygen atoms in total. The van der Waals surface area contributed by atoms with Crippen LogP contribution in [0.5, 0.6) is 0 Å². The highest BCUT2D eigenvalue weighted by molar-refractivity contribution is 4.68. The third kappa shape index (κ3) is 8.79. The molecule has 0 spiro atoms. The van der Waals surface area contributed by atoms with Gasteiger partial charge in [0.1, 0.15) is 0 Å². The van der Waals surface area contributed by atoms with Crippen molar-refractivity contribution in [3.8, 4) is 0 Å². The molecule has 0 rings (SSSR count). The van der Waals surface area contributed by atoms with Gasteiger partial charge in [0.25, 0.3) is 6.43 Å². The minimum Gasteiger partial charge on any atom is -0.309 e. The highest BCUT2D eigenvalue weighted by Gasteiger charge is 2.18. The molecule has 1 N–H and O–H groups in total. The van der Waals surface area contributed by atoms with Crippen LogP contribution in [0.1, 0.15) is 58.8 Å². The molecule has 0 amide bonds. The molecule has 0 aliphatic rings. The van der Waals surface area contributed by atoms with Crippen molar-refractivity contribution in [2.24, 2.45) is 0 Å². The van der Waals surface area contributed by atoms with E-state index in [2.05, 4.69) is 12.2 Å². The summed E-state index contributed by atoms with van der Waals surface area (Å²) in [6.45, 7) is 4.85. The van der Waals surface area contributed by atoms with Crippen molar-refractivity contribution in [3.05, 3.63) is 0 Å². The van der Waals surface area contributed by atoms with Crippen molar-refractivity contribution in [1.29, 1.82) is 0 Å². The number of unbranched alkanes of at least 4 members (excludes halogenated alkanes) is 4. The minimum absolute atomic E-state index is 0.591. The van der Waals surface area contributed by atoms with E-state index in [-0.39, 0.29) is 0 Å². The fourth-order valence-electron chi connectivity index (χ4n) is 1.61. The molecule has 0 saturated carbocycles. The molecule has 0 heterocycles. The smallest absolute Gasteiger partial charge is 0.253 e. The second kappa shape index (κ2) is 10.3. The topological polar surface area (TPSA) is 12.0 Å². The second-order valence-electron chi connectivity index (χ2n) is 4.10. The fraction of sp³-hybridized carbons (Fsp3) is 1.00. The standard InChI is InChI=1S/C12H25F2N/c1-3-5-6-7-8-9-11(12(13)14)15-10-4-2/h11-12,15H,3-10H2,1-2H3. The molecule has 0 aromatic heterocycles. The molecule has 15 heavy (non-hydrogen) atoms. The fourth-order valence-corrected chi connectivity index (χ4v) is 1.61. The van der Waals surface area contributed by atoms with Crippen molar-refractivity contribution < 1.29 is 8.78 Å². The Balaban J connectivity index is 3.48. The van der Waals surface area contributed by atoms with Crippen LogP contribution in [0, 0.1) is 0 Å². The van der Waals surface area contributed by atoms with E-state index in [1.165, 1.54) is 19.3 Å². The molecular formula is C12H25F2N. The molecule has 1 atom stereocenters. The molecule has 0 aromatic rings. The Hall–Kier alpha value is -0.180. The average Bonchev–Trinajstić information content (AvgIpc) is 2.21. The van der Waals surface area contributed by atoms with Gasteiger partial charge >= 0.3 is 0 Å². The maximum atomic E-state index is 12.5. The summed E-state index contributed by atoms with van der Waals surface area (Å²) in [5, 5.41) is 2.91. The zero-order chi connectivity index (χ0) is 11.5. The summed E-state index contributed by atoms with van der Waals surface area (Å²) in [5.41, 5.74) is 0. The van der Waals surface area contributed by atoms with Gasteiger partial charge < -0.3 is 5.32 Å². The Kier molecular flexibility index (Phi) is 10.2.